The van der Waals surface area contributed by atoms with Crippen LogP contribution in [0.25, 0.3) is 22.1 Å². The first-order valence-electron chi connectivity index (χ1n) is 11.2. The van der Waals surface area contributed by atoms with E-state index in [9.17, 15) is 49.1 Å². The van der Waals surface area contributed by atoms with Crippen LogP contribution in [0.1, 0.15) is 12.5 Å². The second-order valence-electron chi connectivity index (χ2n) is 8.68. The molecule has 222 valence electrons. The highest BCUT2D eigenvalue weighted by Crippen LogP contribution is 2.46. The molecular formula is C26H19F9O6. The molecule has 6 nitrogen and oxygen atoms in total. The number of ether oxygens (including phenoxy) is 3. The minimum absolute atomic E-state index is 0.0150. The molecule has 0 aliphatic rings. The Labute approximate surface area is 224 Å². The Bertz CT molecular complexity index is 1530. The molecule has 0 saturated heterocycles. The summed E-state index contributed by atoms with van der Waals surface area (Å²) in [6.45, 7) is -0.580. The summed E-state index contributed by atoms with van der Waals surface area (Å²) in [7, 11) is 1.14. The number of carbonyl (C=O) groups is 1. The Morgan fingerprint density at radius 2 is 1.46 bits per heavy atom. The number of hydrogen-bond donors (Lipinski definition) is 0. The number of alkyl halides is 9. The minimum Gasteiger partial charge on any atom is -0.497 e. The Balaban J connectivity index is 1.87. The van der Waals surface area contributed by atoms with E-state index in [2.05, 4.69) is 16.1 Å². The van der Waals surface area contributed by atoms with Crippen LogP contribution in [-0.2, 0) is 15.7 Å². The van der Waals surface area contributed by atoms with Crippen molar-refractivity contribution >= 4 is 16.9 Å². The maximum absolute atomic E-state index is 14.2. The first-order chi connectivity index (χ1) is 18.8. The summed E-state index contributed by atoms with van der Waals surface area (Å²) in [4.78, 5) is 23.7. The summed E-state index contributed by atoms with van der Waals surface area (Å²) < 4.78 is 143. The fourth-order valence-electron chi connectivity index (χ4n) is 3.39. The van der Waals surface area contributed by atoms with Gasteiger partial charge in [-0.25, -0.2) is 9.59 Å². The van der Waals surface area contributed by atoms with Crippen molar-refractivity contribution < 1.29 is 62.9 Å². The van der Waals surface area contributed by atoms with E-state index in [4.69, 9.17) is 9.15 Å². The van der Waals surface area contributed by atoms with Crippen LogP contribution in [0.3, 0.4) is 0 Å². The molecule has 1 aromatic heterocycles. The van der Waals surface area contributed by atoms with Gasteiger partial charge >= 0.3 is 35.5 Å². The summed E-state index contributed by atoms with van der Waals surface area (Å²) in [6.07, 6.45) is -4.89. The van der Waals surface area contributed by atoms with Gasteiger partial charge in [0.2, 0.25) is 0 Å². The number of fused-ring (bicyclic) bond motifs is 1. The third-order valence-corrected chi connectivity index (χ3v) is 5.60. The summed E-state index contributed by atoms with van der Waals surface area (Å²) in [5, 5.41) is -0.0150. The Morgan fingerprint density at radius 3 is 2.05 bits per heavy atom. The Hall–Kier alpha value is -4.17. The van der Waals surface area contributed by atoms with E-state index in [0.29, 0.717) is 6.07 Å². The minimum atomic E-state index is -6.04. The maximum Gasteiger partial charge on any atom is 0.417 e. The predicted octanol–water partition coefficient (Wildman–Crippen LogP) is 6.89. The molecule has 0 atom stereocenters. The number of benzene rings is 2. The molecule has 3 rings (SSSR count). The van der Waals surface area contributed by atoms with Gasteiger partial charge in [-0.15, -0.1) is 0 Å². The van der Waals surface area contributed by atoms with Gasteiger partial charge in [0.25, 0.3) is 0 Å². The smallest absolute Gasteiger partial charge is 0.417 e. The first kappa shape index (κ1) is 31.4. The van der Waals surface area contributed by atoms with E-state index in [1.807, 2.05) is 0 Å². The molecule has 1 heterocycles. The number of halogens is 9. The lowest BCUT2D eigenvalue weighted by atomic mass is 9.99. The molecule has 0 fully saturated rings. The van der Waals surface area contributed by atoms with E-state index in [-0.39, 0.29) is 11.1 Å². The molecule has 2 aromatic carbocycles. The number of esters is 1. The fourth-order valence-corrected chi connectivity index (χ4v) is 3.39. The second-order valence-corrected chi connectivity index (χ2v) is 8.68. The molecule has 0 aliphatic carbocycles. The molecule has 0 saturated carbocycles. The molecule has 0 aliphatic heterocycles. The Morgan fingerprint density at radius 1 is 0.854 bits per heavy atom. The molecule has 41 heavy (non-hydrogen) atoms. The van der Waals surface area contributed by atoms with Gasteiger partial charge in [0.05, 0.1) is 18.2 Å². The van der Waals surface area contributed by atoms with Crippen molar-refractivity contribution in [3.8, 4) is 22.6 Å². The molecule has 0 bridgehead atoms. The molecule has 0 N–H and O–H groups in total. The Kier molecular flexibility index (Phi) is 8.42. The van der Waals surface area contributed by atoms with Crippen LogP contribution in [0.4, 0.5) is 39.5 Å². The number of methoxy groups -OCH3 is 1. The highest BCUT2D eigenvalue weighted by atomic mass is 19.4. The van der Waals surface area contributed by atoms with Gasteiger partial charge in [-0.2, -0.15) is 39.5 Å². The van der Waals surface area contributed by atoms with Crippen molar-refractivity contribution in [2.45, 2.75) is 30.9 Å². The standard InChI is InChI=1S/C26H19F9O6/c1-13(2)21(36)40-12-24(29,30)26(34,35)23(27,28)11-39-16-5-4-14-8-18(22(37)41-20(14)10-16)17-7-6-15(38-3)9-19(17)25(31,32)33/h4-10H,1,11-12H2,2-3H3. The summed E-state index contributed by atoms with van der Waals surface area (Å²) in [5.74, 6) is -19.3. The average Bonchev–Trinajstić information content (AvgIpc) is 2.89. The normalized spacial score (nSPS) is 12.8. The molecule has 0 radical (unpaired) electrons. The van der Waals surface area contributed by atoms with E-state index in [1.165, 1.54) is 6.07 Å². The highest BCUT2D eigenvalue weighted by Gasteiger charge is 2.72. The van der Waals surface area contributed by atoms with Crippen molar-refractivity contribution in [3.05, 3.63) is 70.6 Å². The van der Waals surface area contributed by atoms with Crippen LogP contribution in [0.2, 0.25) is 0 Å². The number of rotatable bonds is 10. The monoisotopic (exact) mass is 598 g/mol. The summed E-state index contributed by atoms with van der Waals surface area (Å²) >= 11 is 0. The molecular weight excluding hydrogens is 579 g/mol. The lowest BCUT2D eigenvalue weighted by molar-refractivity contribution is -0.322. The number of hydrogen-bond acceptors (Lipinski definition) is 6. The van der Waals surface area contributed by atoms with Gasteiger partial charge in [-0.05, 0) is 43.3 Å². The van der Waals surface area contributed by atoms with Crippen molar-refractivity contribution in [1.82, 2.24) is 0 Å². The van der Waals surface area contributed by atoms with Gasteiger partial charge in [0.1, 0.15) is 17.1 Å². The average molecular weight is 598 g/mol. The van der Waals surface area contributed by atoms with E-state index in [1.54, 1.807) is 0 Å². The van der Waals surface area contributed by atoms with Gasteiger partial charge in [-0.3, -0.25) is 0 Å². The molecule has 3 aromatic rings. The van der Waals surface area contributed by atoms with Crippen molar-refractivity contribution in [3.63, 3.8) is 0 Å². The van der Waals surface area contributed by atoms with Crippen molar-refractivity contribution in [1.29, 1.82) is 0 Å². The van der Waals surface area contributed by atoms with E-state index >= 15 is 0 Å². The second kappa shape index (κ2) is 11.0. The van der Waals surface area contributed by atoms with Crippen molar-refractivity contribution in [2.75, 3.05) is 20.3 Å². The lowest BCUT2D eigenvalue weighted by Crippen LogP contribution is -2.58. The molecule has 0 amide bonds. The molecule has 0 spiro atoms. The third-order valence-electron chi connectivity index (χ3n) is 5.60. The van der Waals surface area contributed by atoms with Crippen LogP contribution in [-0.4, -0.2) is 44.1 Å². The van der Waals surface area contributed by atoms with Gasteiger partial charge in [0, 0.05) is 22.6 Å². The number of carbonyl (C=O) groups excluding carboxylic acids is 1. The molecule has 15 heteroatoms. The first-order valence-corrected chi connectivity index (χ1v) is 11.2. The van der Waals surface area contributed by atoms with Gasteiger partial charge in [0.15, 0.2) is 13.2 Å². The van der Waals surface area contributed by atoms with Crippen LogP contribution < -0.4 is 15.1 Å². The summed E-state index contributed by atoms with van der Waals surface area (Å²) in [5.41, 5.74) is -4.37. The molecule has 0 unspecified atom stereocenters. The summed E-state index contributed by atoms with van der Waals surface area (Å²) in [6, 6.07) is 6.57. The fraction of sp³-hybridized carbons (Fsp3) is 0.308. The zero-order chi connectivity index (χ0) is 31.0. The van der Waals surface area contributed by atoms with Crippen LogP contribution in [0.5, 0.6) is 11.5 Å². The predicted molar refractivity (Wildman–Crippen MR) is 126 cm³/mol. The largest absolute Gasteiger partial charge is 0.497 e. The topological polar surface area (TPSA) is 75.0 Å². The quantitative estimate of drug-likeness (QED) is 0.110. The third kappa shape index (κ3) is 6.43. The van der Waals surface area contributed by atoms with Gasteiger partial charge in [-0.1, -0.05) is 6.58 Å². The van der Waals surface area contributed by atoms with E-state index < -0.39 is 82.3 Å². The maximum atomic E-state index is 14.2. The zero-order valence-electron chi connectivity index (χ0n) is 21.0. The SMILES string of the molecule is C=C(C)C(=O)OCC(F)(F)C(F)(F)C(F)(F)COc1ccc2cc(-c3ccc(OC)cc3C(F)(F)F)c(=O)oc2c1. The highest BCUT2D eigenvalue weighted by molar-refractivity contribution is 5.87. The van der Waals surface area contributed by atoms with Crippen molar-refractivity contribution in [2.24, 2.45) is 0 Å². The van der Waals surface area contributed by atoms with Crippen LogP contribution >= 0.6 is 0 Å². The van der Waals surface area contributed by atoms with Gasteiger partial charge < -0.3 is 18.6 Å². The van der Waals surface area contributed by atoms with Crippen LogP contribution in [0, 0.1) is 0 Å². The van der Waals surface area contributed by atoms with Crippen LogP contribution in [0.15, 0.2) is 63.8 Å². The lowest BCUT2D eigenvalue weighted by Gasteiger charge is -2.32. The van der Waals surface area contributed by atoms with E-state index in [0.717, 1.165) is 44.4 Å². The zero-order valence-corrected chi connectivity index (χ0v) is 21.0.